The molecule has 4 atom stereocenters. The van der Waals surface area contributed by atoms with Crippen molar-refractivity contribution >= 4 is 5.82 Å². The molecule has 1 aliphatic carbocycles. The van der Waals surface area contributed by atoms with Crippen molar-refractivity contribution in [3.8, 4) is 28.3 Å². The van der Waals surface area contributed by atoms with Gasteiger partial charge in [-0.15, -0.1) is 10.2 Å². The second kappa shape index (κ2) is 8.37. The zero-order valence-electron chi connectivity index (χ0n) is 19.2. The van der Waals surface area contributed by atoms with Crippen molar-refractivity contribution in [1.29, 1.82) is 0 Å². The summed E-state index contributed by atoms with van der Waals surface area (Å²) in [6.45, 7) is 0. The van der Waals surface area contributed by atoms with Crippen LogP contribution in [0.4, 0.5) is 14.6 Å². The third-order valence-electron chi connectivity index (χ3n) is 7.39. The normalized spacial score (nSPS) is 25.6. The van der Waals surface area contributed by atoms with Crippen LogP contribution in [0.2, 0.25) is 0 Å². The molecule has 10 heteroatoms. The Morgan fingerprint density at radius 3 is 2.69 bits per heavy atom. The van der Waals surface area contributed by atoms with Crippen LogP contribution in [-0.2, 0) is 7.05 Å². The molecule has 2 aromatic heterocycles. The zero-order chi connectivity index (χ0) is 24.3. The summed E-state index contributed by atoms with van der Waals surface area (Å²) in [5.74, 6) is 0.0258. The topological polar surface area (TPSA) is 96.2 Å². The molecule has 0 spiro atoms. The third kappa shape index (κ3) is 3.95. The summed E-state index contributed by atoms with van der Waals surface area (Å²) in [6.07, 6.45) is 6.32. The predicted octanol–water partition coefficient (Wildman–Crippen LogP) is 2.95. The summed E-state index contributed by atoms with van der Waals surface area (Å²) in [6, 6.07) is 5.96. The van der Waals surface area contributed by atoms with E-state index in [9.17, 15) is 14.3 Å². The molecule has 2 aliphatic heterocycles. The first-order chi connectivity index (χ1) is 16.9. The van der Waals surface area contributed by atoms with Gasteiger partial charge in [-0.25, -0.2) is 13.8 Å². The lowest BCUT2D eigenvalue weighted by molar-refractivity contribution is 0.171. The lowest BCUT2D eigenvalue weighted by Gasteiger charge is -2.40. The van der Waals surface area contributed by atoms with Crippen LogP contribution >= 0.6 is 0 Å². The van der Waals surface area contributed by atoms with Gasteiger partial charge in [-0.05, 0) is 49.8 Å². The van der Waals surface area contributed by atoms with Crippen molar-refractivity contribution in [2.45, 2.75) is 62.4 Å². The minimum atomic E-state index is -0.970. The first-order valence-electron chi connectivity index (χ1n) is 12.0. The quantitative estimate of drug-likeness (QED) is 0.580. The van der Waals surface area contributed by atoms with Gasteiger partial charge in [0.2, 0.25) is 0 Å². The van der Waals surface area contributed by atoms with Gasteiger partial charge < -0.3 is 19.9 Å². The molecule has 1 aromatic carbocycles. The van der Waals surface area contributed by atoms with E-state index in [-0.39, 0.29) is 40.8 Å². The maximum atomic E-state index is 15.3. The van der Waals surface area contributed by atoms with E-state index in [2.05, 4.69) is 25.4 Å². The van der Waals surface area contributed by atoms with Crippen LogP contribution in [0.1, 0.15) is 32.1 Å². The highest BCUT2D eigenvalue weighted by atomic mass is 19.1. The highest BCUT2D eigenvalue weighted by Gasteiger charge is 2.48. The number of aromatic nitrogens is 4. The number of aryl methyl sites for hydroxylation is 1. The Kier molecular flexibility index (Phi) is 5.28. The van der Waals surface area contributed by atoms with E-state index in [1.807, 2.05) is 0 Å². The number of nitrogens with one attached hydrogen (secondary N) is 1. The lowest BCUT2D eigenvalue weighted by Crippen LogP contribution is -2.57. The first kappa shape index (κ1) is 22.1. The molecule has 0 radical (unpaired) electrons. The second-order valence-electron chi connectivity index (χ2n) is 9.79. The maximum absolute atomic E-state index is 15.3. The molecule has 2 saturated heterocycles. The number of fused-ring (bicyclic) bond motifs is 2. The Balaban J connectivity index is 1.28. The summed E-state index contributed by atoms with van der Waals surface area (Å²) in [4.78, 5) is 18.4. The van der Waals surface area contributed by atoms with Crippen LogP contribution in [-0.4, -0.2) is 55.2 Å². The highest BCUT2D eigenvalue weighted by molar-refractivity contribution is 5.73. The molecule has 4 heterocycles. The van der Waals surface area contributed by atoms with E-state index in [1.54, 1.807) is 18.3 Å². The first-order valence-corrected chi connectivity index (χ1v) is 12.0. The van der Waals surface area contributed by atoms with Gasteiger partial charge in [0.15, 0.2) is 11.6 Å². The molecular weight excluding hydrogens is 454 g/mol. The van der Waals surface area contributed by atoms with Crippen LogP contribution < -0.4 is 15.8 Å². The fourth-order valence-corrected chi connectivity index (χ4v) is 5.44. The van der Waals surface area contributed by atoms with Crippen LogP contribution in [0.25, 0.3) is 22.5 Å². The van der Waals surface area contributed by atoms with Crippen LogP contribution in [0, 0.1) is 5.82 Å². The number of piperidine rings is 1. The SMILES string of the molecule is Cn1cc(F)c(-c2ccc(-c3ncc(N(C4CC4)[C@H]4C[C@@H]5CC[C@@H](N5)[C@H]4F)nn3)c(O)c2)cc1=O. The summed E-state index contributed by atoms with van der Waals surface area (Å²) in [5, 5.41) is 22.6. The predicted molar refractivity (Wildman–Crippen MR) is 126 cm³/mol. The molecule has 2 N–H and O–H groups in total. The van der Waals surface area contributed by atoms with Gasteiger partial charge in [0.05, 0.1) is 17.8 Å². The molecule has 6 rings (SSSR count). The number of hydrogen-bond acceptors (Lipinski definition) is 7. The lowest BCUT2D eigenvalue weighted by atomic mass is 9.96. The fourth-order valence-electron chi connectivity index (χ4n) is 5.44. The molecular formula is C25H26F2N6O2. The Morgan fingerprint density at radius 2 is 1.97 bits per heavy atom. The molecule has 182 valence electrons. The van der Waals surface area contributed by atoms with Crippen molar-refractivity contribution in [3.05, 3.63) is 52.8 Å². The number of rotatable bonds is 5. The van der Waals surface area contributed by atoms with Gasteiger partial charge in [0.1, 0.15) is 17.7 Å². The van der Waals surface area contributed by atoms with E-state index in [0.717, 1.165) is 42.9 Å². The Labute approximate surface area is 200 Å². The standard InChI is InChI=1S/C25H26F2N6O2/c1-32-12-18(26)17(10-23(32)35)13-2-6-16(21(34)8-13)25-28-11-22(30-31-25)33(15-4-5-15)20-9-14-3-7-19(29-14)24(20)27/h2,6,8,10-12,14-15,19-20,24,29,34H,3-5,7,9H2,1H3/t14-,19+,20-,24+/m0/s1. The third-order valence-corrected chi connectivity index (χ3v) is 7.39. The molecule has 35 heavy (non-hydrogen) atoms. The number of aromatic hydroxyl groups is 1. The van der Waals surface area contributed by atoms with Crippen molar-refractivity contribution in [1.82, 2.24) is 25.1 Å². The maximum Gasteiger partial charge on any atom is 0.251 e. The zero-order valence-corrected chi connectivity index (χ0v) is 19.2. The Morgan fingerprint density at radius 1 is 1.14 bits per heavy atom. The summed E-state index contributed by atoms with van der Waals surface area (Å²) in [5.41, 5.74) is 0.436. The average molecular weight is 481 g/mol. The van der Waals surface area contributed by atoms with Gasteiger partial charge in [0, 0.05) is 43.0 Å². The summed E-state index contributed by atoms with van der Waals surface area (Å²) >= 11 is 0. The number of phenolic OH excluding ortho intramolecular Hbond substituents is 1. The number of halogens is 2. The van der Waals surface area contributed by atoms with Crippen molar-refractivity contribution in [3.63, 3.8) is 0 Å². The summed E-state index contributed by atoms with van der Waals surface area (Å²) in [7, 11) is 1.47. The van der Waals surface area contributed by atoms with E-state index < -0.39 is 12.0 Å². The molecule has 3 aromatic rings. The molecule has 3 fully saturated rings. The van der Waals surface area contributed by atoms with Crippen molar-refractivity contribution in [2.75, 3.05) is 4.90 Å². The largest absolute Gasteiger partial charge is 0.507 e. The van der Waals surface area contributed by atoms with Crippen molar-refractivity contribution in [2.24, 2.45) is 7.05 Å². The summed E-state index contributed by atoms with van der Waals surface area (Å²) < 4.78 is 30.8. The minimum absolute atomic E-state index is 0.0983. The second-order valence-corrected chi connectivity index (χ2v) is 9.79. The van der Waals surface area contributed by atoms with Crippen molar-refractivity contribution < 1.29 is 13.9 Å². The van der Waals surface area contributed by atoms with Crippen LogP contribution in [0.15, 0.2) is 41.5 Å². The molecule has 1 saturated carbocycles. The fraction of sp³-hybridized carbons (Fsp3) is 0.440. The van der Waals surface area contributed by atoms with Gasteiger partial charge >= 0.3 is 0 Å². The average Bonchev–Trinajstić information content (AvgIpc) is 3.59. The Hall–Kier alpha value is -3.40. The van der Waals surface area contributed by atoms with Gasteiger partial charge in [-0.3, -0.25) is 4.79 Å². The van der Waals surface area contributed by atoms with E-state index in [1.165, 1.54) is 19.2 Å². The molecule has 3 aliphatic rings. The number of nitrogens with zero attached hydrogens (tertiary/aromatic N) is 5. The molecule has 8 nitrogen and oxygen atoms in total. The number of phenols is 1. The molecule has 2 bridgehead atoms. The number of benzene rings is 1. The minimum Gasteiger partial charge on any atom is -0.507 e. The molecule has 0 amide bonds. The van der Waals surface area contributed by atoms with Crippen LogP contribution in [0.3, 0.4) is 0 Å². The molecule has 0 unspecified atom stereocenters. The van der Waals surface area contributed by atoms with E-state index >= 15 is 4.39 Å². The smallest absolute Gasteiger partial charge is 0.251 e. The Bertz CT molecular complexity index is 1330. The van der Waals surface area contributed by atoms with Gasteiger partial charge in [0.25, 0.3) is 5.56 Å². The van der Waals surface area contributed by atoms with Crippen LogP contribution in [0.5, 0.6) is 5.75 Å². The number of alkyl halides is 1. The monoisotopic (exact) mass is 480 g/mol. The number of pyridine rings is 1. The van der Waals surface area contributed by atoms with Gasteiger partial charge in [-0.1, -0.05) is 6.07 Å². The van der Waals surface area contributed by atoms with E-state index in [0.29, 0.717) is 23.0 Å². The highest BCUT2D eigenvalue weighted by Crippen LogP contribution is 2.40. The number of hydrogen-bond donors (Lipinski definition) is 2. The van der Waals surface area contributed by atoms with E-state index in [4.69, 9.17) is 0 Å². The number of anilines is 1. The van der Waals surface area contributed by atoms with Gasteiger partial charge in [-0.2, -0.15) is 0 Å².